The lowest BCUT2D eigenvalue weighted by Gasteiger charge is -2.20. The molecule has 1 unspecified atom stereocenters. The van der Waals surface area contributed by atoms with Crippen molar-refractivity contribution in [3.05, 3.63) is 36.5 Å². The summed E-state index contributed by atoms with van der Waals surface area (Å²) >= 11 is 0. The van der Waals surface area contributed by atoms with Crippen molar-refractivity contribution in [2.75, 3.05) is 26.4 Å². The molecule has 1 saturated carbocycles. The molecule has 0 saturated heterocycles. The molecule has 0 aromatic heterocycles. The zero-order valence-corrected chi connectivity index (χ0v) is 36.7. The van der Waals surface area contributed by atoms with E-state index in [1.54, 1.807) is 12.2 Å². The van der Waals surface area contributed by atoms with Crippen molar-refractivity contribution in [3.63, 3.8) is 0 Å². The Morgan fingerprint density at radius 1 is 0.729 bits per heavy atom. The number of unbranched alkanes of at least 4 members (excludes halogenated alkanes) is 12. The number of allylic oxidation sites excluding steroid dienone is 4. The highest BCUT2D eigenvalue weighted by molar-refractivity contribution is 7.47. The molecule has 1 aliphatic rings. The summed E-state index contributed by atoms with van der Waals surface area (Å²) < 4.78 is 32.6. The third-order valence-electron chi connectivity index (χ3n) is 10.3. The molecule has 1 fully saturated rings. The van der Waals surface area contributed by atoms with E-state index in [0.717, 1.165) is 57.8 Å². The molecule has 0 bridgehead atoms. The van der Waals surface area contributed by atoms with E-state index in [2.05, 4.69) is 42.7 Å². The summed E-state index contributed by atoms with van der Waals surface area (Å²) in [5.74, 6) is -2.28. The van der Waals surface area contributed by atoms with E-state index in [1.165, 1.54) is 25.7 Å². The topological polar surface area (TPSA) is 227 Å². The summed E-state index contributed by atoms with van der Waals surface area (Å²) in [6, 6.07) is 0. The van der Waals surface area contributed by atoms with Gasteiger partial charge in [-0.1, -0.05) is 108 Å². The second kappa shape index (κ2) is 34.3. The van der Waals surface area contributed by atoms with E-state index in [1.807, 2.05) is 0 Å². The van der Waals surface area contributed by atoms with Crippen LogP contribution in [0.15, 0.2) is 36.5 Å². The van der Waals surface area contributed by atoms with E-state index < -0.39 is 88.5 Å². The number of phosphoric acid groups is 1. The minimum Gasteiger partial charge on any atom is -0.462 e. The number of hydrogen-bond acceptors (Lipinski definition) is 13. The SMILES string of the molecule is CCCCCC/C=C\C=C/CCCCCCCC(=O)O[C@H](COC(=O)CCCCC(=O)C[C@@H]1[C@@H](/C=C/[C@@H](O)CCCCC)[C@H](O)C[C@@H]1O)COP(=O)(O)OC[C@@H](O)CO. The van der Waals surface area contributed by atoms with Crippen LogP contribution in [0.3, 0.4) is 0 Å². The van der Waals surface area contributed by atoms with Crippen molar-refractivity contribution in [3.8, 4) is 0 Å². The number of aliphatic hydroxyl groups excluding tert-OH is 5. The molecule has 14 nitrogen and oxygen atoms in total. The Hall–Kier alpha value is -2.26. The van der Waals surface area contributed by atoms with Gasteiger partial charge >= 0.3 is 19.8 Å². The van der Waals surface area contributed by atoms with Gasteiger partial charge in [-0.05, 0) is 51.4 Å². The fourth-order valence-corrected chi connectivity index (χ4v) is 7.53. The maximum Gasteiger partial charge on any atom is 0.472 e. The van der Waals surface area contributed by atoms with E-state index in [-0.39, 0.29) is 37.9 Å². The molecule has 342 valence electrons. The molecule has 1 aliphatic carbocycles. The molecule has 0 spiro atoms. The number of esters is 2. The Morgan fingerprint density at radius 3 is 1.98 bits per heavy atom. The van der Waals surface area contributed by atoms with E-state index >= 15 is 0 Å². The van der Waals surface area contributed by atoms with Gasteiger partial charge in [0.15, 0.2) is 6.10 Å². The van der Waals surface area contributed by atoms with Crippen LogP contribution in [0.5, 0.6) is 0 Å². The molecule has 0 aromatic rings. The first-order valence-corrected chi connectivity index (χ1v) is 23.6. The number of ether oxygens (including phenoxy) is 2. The lowest BCUT2D eigenvalue weighted by Crippen LogP contribution is -2.29. The lowest BCUT2D eigenvalue weighted by molar-refractivity contribution is -0.161. The van der Waals surface area contributed by atoms with Crippen LogP contribution in [0.25, 0.3) is 0 Å². The van der Waals surface area contributed by atoms with Gasteiger partial charge in [-0.3, -0.25) is 23.4 Å². The van der Waals surface area contributed by atoms with Crippen molar-refractivity contribution >= 4 is 25.5 Å². The summed E-state index contributed by atoms with van der Waals surface area (Å²) in [4.78, 5) is 48.0. The Morgan fingerprint density at radius 2 is 1.31 bits per heavy atom. The molecule has 0 heterocycles. The molecular weight excluding hydrogens is 783 g/mol. The first-order chi connectivity index (χ1) is 28.3. The van der Waals surface area contributed by atoms with Crippen molar-refractivity contribution < 1.29 is 67.9 Å². The van der Waals surface area contributed by atoms with Gasteiger partial charge in [-0.2, -0.15) is 0 Å². The molecule has 0 radical (unpaired) electrons. The van der Waals surface area contributed by atoms with Crippen LogP contribution >= 0.6 is 7.82 Å². The van der Waals surface area contributed by atoms with E-state index in [4.69, 9.17) is 19.1 Å². The van der Waals surface area contributed by atoms with Gasteiger partial charge in [0.25, 0.3) is 0 Å². The van der Waals surface area contributed by atoms with Gasteiger partial charge in [0.1, 0.15) is 18.5 Å². The van der Waals surface area contributed by atoms with Crippen LogP contribution in [0, 0.1) is 11.8 Å². The van der Waals surface area contributed by atoms with Gasteiger partial charge < -0.3 is 39.9 Å². The summed E-state index contributed by atoms with van der Waals surface area (Å²) in [7, 11) is -4.71. The van der Waals surface area contributed by atoms with Gasteiger partial charge in [0.2, 0.25) is 0 Å². The number of Topliss-reactive ketones (excluding diaryl/α,β-unsaturated/α-hetero) is 1. The summed E-state index contributed by atoms with van der Waals surface area (Å²) in [6.45, 7) is 1.80. The summed E-state index contributed by atoms with van der Waals surface area (Å²) in [5.41, 5.74) is 0. The fourth-order valence-electron chi connectivity index (χ4n) is 6.74. The van der Waals surface area contributed by atoms with Crippen molar-refractivity contribution in [1.29, 1.82) is 0 Å². The second-order valence-electron chi connectivity index (χ2n) is 15.7. The highest BCUT2D eigenvalue weighted by Gasteiger charge is 2.41. The molecule has 8 atom stereocenters. The van der Waals surface area contributed by atoms with Crippen LogP contribution in [-0.4, -0.2) is 105 Å². The van der Waals surface area contributed by atoms with Crippen LogP contribution in [-0.2, 0) is 37.5 Å². The summed E-state index contributed by atoms with van der Waals surface area (Å²) in [6.07, 6.45) is 23.1. The molecule has 1 rings (SSSR count). The molecule has 15 heteroatoms. The second-order valence-corrected chi connectivity index (χ2v) is 17.2. The minimum absolute atomic E-state index is 0.0485. The molecule has 59 heavy (non-hydrogen) atoms. The average molecular weight is 861 g/mol. The van der Waals surface area contributed by atoms with Crippen molar-refractivity contribution in [2.45, 2.75) is 186 Å². The predicted octanol–water partition coefficient (Wildman–Crippen LogP) is 7.12. The number of carbonyl (C=O) groups excluding carboxylic acids is 3. The highest BCUT2D eigenvalue weighted by atomic mass is 31.2. The number of phosphoric ester groups is 1. The Labute approximate surface area is 353 Å². The van der Waals surface area contributed by atoms with Gasteiger partial charge in [-0.25, -0.2) is 4.57 Å². The fraction of sp³-hybridized carbons (Fsp3) is 0.795. The van der Waals surface area contributed by atoms with Crippen LogP contribution in [0.1, 0.15) is 155 Å². The molecule has 0 aliphatic heterocycles. The zero-order chi connectivity index (χ0) is 43.7. The van der Waals surface area contributed by atoms with E-state index in [9.17, 15) is 44.3 Å². The molecule has 0 amide bonds. The maximum atomic E-state index is 12.8. The normalized spacial score (nSPS) is 20.9. The average Bonchev–Trinajstić information content (AvgIpc) is 3.47. The van der Waals surface area contributed by atoms with Crippen molar-refractivity contribution in [1.82, 2.24) is 0 Å². The van der Waals surface area contributed by atoms with Crippen molar-refractivity contribution in [2.24, 2.45) is 11.8 Å². The van der Waals surface area contributed by atoms with Gasteiger partial charge in [-0.15, -0.1) is 0 Å². The Balaban J connectivity index is 2.50. The molecule has 6 N–H and O–H groups in total. The predicted molar refractivity (Wildman–Crippen MR) is 226 cm³/mol. The third-order valence-corrected chi connectivity index (χ3v) is 11.2. The van der Waals surface area contributed by atoms with Gasteiger partial charge in [0, 0.05) is 43.9 Å². The van der Waals surface area contributed by atoms with Crippen LogP contribution < -0.4 is 0 Å². The Bertz CT molecular complexity index is 1260. The van der Waals surface area contributed by atoms with Crippen LogP contribution in [0.2, 0.25) is 0 Å². The number of hydrogen-bond donors (Lipinski definition) is 6. The smallest absolute Gasteiger partial charge is 0.462 e. The molecule has 0 aromatic carbocycles. The largest absolute Gasteiger partial charge is 0.472 e. The van der Waals surface area contributed by atoms with Crippen LogP contribution in [0.4, 0.5) is 0 Å². The van der Waals surface area contributed by atoms with E-state index in [0.29, 0.717) is 25.7 Å². The van der Waals surface area contributed by atoms with Gasteiger partial charge in [0.05, 0.1) is 38.1 Å². The standard InChI is InChI=1S/C44H77O14P/c1-3-5-7-8-9-10-11-12-13-14-15-16-17-18-20-26-44(52)58-38(34-57-59(53,54)56-32-37(48)31-45)33-55-43(51)25-22-21-24-36(47)29-40-39(41(49)30-42(40)50)28-27-35(46)23-19-6-4-2/h10-13,27-28,35,37-42,45-46,48-50H,3-9,14-26,29-34H2,1-2H3,(H,53,54)/b11-10-,13-12-,28-27+/t35-,37-,38+,39+,40+,41+,42-/m0/s1. The number of ketones is 1. The monoisotopic (exact) mass is 861 g/mol. The minimum atomic E-state index is -4.71. The first-order valence-electron chi connectivity index (χ1n) is 22.1. The first kappa shape index (κ1) is 54.8. The molecular formula is C44H77O14P. The number of carbonyl (C=O) groups is 3. The highest BCUT2D eigenvalue weighted by Crippen LogP contribution is 2.43. The summed E-state index contributed by atoms with van der Waals surface area (Å²) in [5, 5.41) is 49.6. The third kappa shape index (κ3) is 28.8. The lowest BCUT2D eigenvalue weighted by atomic mass is 9.87. The number of rotatable bonds is 37. The quantitative estimate of drug-likeness (QED) is 0.0120. The zero-order valence-electron chi connectivity index (χ0n) is 35.8. The maximum absolute atomic E-state index is 12.8. The Kier molecular flexibility index (Phi) is 31.9. The number of aliphatic hydroxyl groups is 5.